The van der Waals surface area contributed by atoms with Gasteiger partial charge in [-0.2, -0.15) is 0 Å². The van der Waals surface area contributed by atoms with E-state index in [0.717, 1.165) is 40.9 Å². The molecule has 3 aromatic rings. The largest absolute Gasteiger partial charge is 0.456 e. The Morgan fingerprint density at radius 3 is 2.49 bits per heavy atom. The van der Waals surface area contributed by atoms with Crippen molar-refractivity contribution in [2.75, 3.05) is 13.1 Å². The second kappa shape index (κ2) is 12.2. The minimum Gasteiger partial charge on any atom is -0.456 e. The first-order chi connectivity index (χ1) is 19.9. The molecular formula is C33H34BrClN2O4. The lowest BCUT2D eigenvalue weighted by Crippen LogP contribution is -2.47. The lowest BCUT2D eigenvalue weighted by molar-refractivity contribution is -0.141. The van der Waals surface area contributed by atoms with Crippen molar-refractivity contribution in [1.29, 1.82) is 0 Å². The monoisotopic (exact) mass is 636 g/mol. The molecule has 6 rings (SSSR count). The minimum absolute atomic E-state index is 0.100. The van der Waals surface area contributed by atoms with Gasteiger partial charge in [-0.05, 0) is 97.9 Å². The van der Waals surface area contributed by atoms with E-state index in [9.17, 15) is 14.7 Å². The van der Waals surface area contributed by atoms with Gasteiger partial charge in [0.15, 0.2) is 0 Å². The third-order valence-corrected chi connectivity index (χ3v) is 9.94. The molecule has 1 saturated carbocycles. The Bertz CT molecular complexity index is 1430. The molecule has 2 heterocycles. The van der Waals surface area contributed by atoms with Gasteiger partial charge in [0.25, 0.3) is 0 Å². The first kappa shape index (κ1) is 28.4. The highest BCUT2D eigenvalue weighted by atomic mass is 79.9. The van der Waals surface area contributed by atoms with E-state index < -0.39 is 18.2 Å². The number of hydrogen-bond donors (Lipinski definition) is 1. The minimum atomic E-state index is -0.850. The summed E-state index contributed by atoms with van der Waals surface area (Å²) in [5.74, 6) is -0.106. The van der Waals surface area contributed by atoms with Gasteiger partial charge < -0.3 is 14.7 Å². The number of ether oxygens (including phenoxy) is 1. The van der Waals surface area contributed by atoms with Crippen molar-refractivity contribution in [3.05, 3.63) is 98.2 Å². The number of aliphatic hydroxyl groups excluding tert-OH is 1. The van der Waals surface area contributed by atoms with Gasteiger partial charge in [-0.3, -0.25) is 9.78 Å². The molecule has 2 fully saturated rings. The topological polar surface area (TPSA) is 79.7 Å². The van der Waals surface area contributed by atoms with Gasteiger partial charge in [-0.1, -0.05) is 51.8 Å². The molecule has 2 aliphatic carbocycles. The molecule has 41 heavy (non-hydrogen) atoms. The van der Waals surface area contributed by atoms with E-state index in [1.54, 1.807) is 24.3 Å². The molecule has 1 aliphatic heterocycles. The Balaban J connectivity index is 1.11. The van der Waals surface area contributed by atoms with Gasteiger partial charge in [-0.15, -0.1) is 0 Å². The quantitative estimate of drug-likeness (QED) is 0.337. The SMILES string of the molecule is O=C(OC1CCC(C(=O)N2CCC([C@H]3c4ncccc4CCc4cc(Cl)cc(Br)c43)CC2)CC1O)c1ccccc1. The first-order valence-corrected chi connectivity index (χ1v) is 15.7. The Kier molecular flexibility index (Phi) is 8.47. The highest BCUT2D eigenvalue weighted by molar-refractivity contribution is 9.10. The van der Waals surface area contributed by atoms with Gasteiger partial charge in [0.1, 0.15) is 6.10 Å². The van der Waals surface area contributed by atoms with E-state index in [-0.39, 0.29) is 17.7 Å². The van der Waals surface area contributed by atoms with Crippen molar-refractivity contribution < 1.29 is 19.4 Å². The van der Waals surface area contributed by atoms with Gasteiger partial charge in [0.05, 0.1) is 17.4 Å². The molecule has 6 nitrogen and oxygen atoms in total. The number of carbonyl (C=O) groups is 2. The van der Waals surface area contributed by atoms with Crippen LogP contribution in [0, 0.1) is 11.8 Å². The summed E-state index contributed by atoms with van der Waals surface area (Å²) in [6, 6.07) is 17.1. The Labute approximate surface area is 254 Å². The smallest absolute Gasteiger partial charge is 0.338 e. The molecular weight excluding hydrogens is 604 g/mol. The van der Waals surface area contributed by atoms with E-state index in [4.69, 9.17) is 21.3 Å². The molecule has 0 spiro atoms. The van der Waals surface area contributed by atoms with Crippen LogP contribution in [0.15, 0.2) is 65.3 Å². The zero-order valence-electron chi connectivity index (χ0n) is 22.8. The number of piperidine rings is 1. The fourth-order valence-electron chi connectivity index (χ4n) is 6.97. The molecule has 1 N–H and O–H groups in total. The standard InChI is InChI=1S/C33H34BrClN2O4/c34-26-19-25(35)17-23-9-8-21-7-4-14-36-31(21)30(29(23)26)20-12-15-37(16-13-20)32(39)24-10-11-28(27(38)18-24)41-33(40)22-5-2-1-3-6-22/h1-7,14,17,19-20,24,27-28,30,38H,8-13,15-16,18H2/t24?,27?,28?,30-/m1/s1. The Hall–Kier alpha value is -2.74. The number of esters is 1. The third kappa shape index (κ3) is 5.95. The number of benzene rings is 2. The van der Waals surface area contributed by atoms with Crippen molar-refractivity contribution >= 4 is 39.4 Å². The van der Waals surface area contributed by atoms with E-state index in [0.29, 0.717) is 43.8 Å². The van der Waals surface area contributed by atoms with E-state index in [1.165, 1.54) is 16.7 Å². The summed E-state index contributed by atoms with van der Waals surface area (Å²) >= 11 is 10.3. The van der Waals surface area contributed by atoms with Crippen LogP contribution in [-0.2, 0) is 22.4 Å². The number of pyridine rings is 1. The lowest BCUT2D eigenvalue weighted by atomic mass is 9.76. The first-order valence-electron chi connectivity index (χ1n) is 14.5. The number of aromatic nitrogens is 1. The van der Waals surface area contributed by atoms with Crippen molar-refractivity contribution in [2.45, 2.75) is 63.1 Å². The maximum Gasteiger partial charge on any atom is 0.338 e. The summed E-state index contributed by atoms with van der Waals surface area (Å²) in [5, 5.41) is 11.5. The molecule has 2 aromatic carbocycles. The lowest BCUT2D eigenvalue weighted by Gasteiger charge is -2.40. The number of aliphatic hydroxyl groups is 1. The predicted molar refractivity (Wildman–Crippen MR) is 161 cm³/mol. The van der Waals surface area contributed by atoms with Crippen LogP contribution in [0.3, 0.4) is 0 Å². The van der Waals surface area contributed by atoms with Crippen molar-refractivity contribution in [2.24, 2.45) is 11.8 Å². The maximum atomic E-state index is 13.5. The van der Waals surface area contributed by atoms with E-state index >= 15 is 0 Å². The van der Waals surface area contributed by atoms with Crippen LogP contribution in [0.2, 0.25) is 5.02 Å². The summed E-state index contributed by atoms with van der Waals surface area (Å²) < 4.78 is 6.63. The van der Waals surface area contributed by atoms with Gasteiger partial charge >= 0.3 is 5.97 Å². The summed E-state index contributed by atoms with van der Waals surface area (Å²) in [6.07, 6.45) is 5.46. The number of amides is 1. The van der Waals surface area contributed by atoms with E-state index in [2.05, 4.69) is 28.1 Å². The van der Waals surface area contributed by atoms with Crippen LogP contribution >= 0.6 is 27.5 Å². The predicted octanol–water partition coefficient (Wildman–Crippen LogP) is 6.35. The number of hydrogen-bond acceptors (Lipinski definition) is 5. The maximum absolute atomic E-state index is 13.5. The van der Waals surface area contributed by atoms with Gasteiger partial charge in [-0.25, -0.2) is 4.79 Å². The number of halogens is 2. The number of fused-ring (bicyclic) bond motifs is 2. The number of carbonyl (C=O) groups excluding carboxylic acids is 2. The van der Waals surface area contributed by atoms with Crippen LogP contribution < -0.4 is 0 Å². The third-order valence-electron chi connectivity index (χ3n) is 9.07. The van der Waals surface area contributed by atoms with Crippen LogP contribution in [0.1, 0.15) is 70.8 Å². The Morgan fingerprint density at radius 2 is 1.73 bits per heavy atom. The molecule has 8 heteroatoms. The number of likely N-dealkylation sites (tertiary alicyclic amines) is 1. The second-order valence-electron chi connectivity index (χ2n) is 11.5. The van der Waals surface area contributed by atoms with Gasteiger partial charge in [0.2, 0.25) is 5.91 Å². The summed E-state index contributed by atoms with van der Waals surface area (Å²) in [7, 11) is 0. The zero-order valence-corrected chi connectivity index (χ0v) is 25.2. The number of nitrogens with zero attached hydrogens (tertiary/aromatic N) is 2. The van der Waals surface area contributed by atoms with Crippen molar-refractivity contribution in [1.82, 2.24) is 9.88 Å². The van der Waals surface area contributed by atoms with Crippen LogP contribution in [0.25, 0.3) is 0 Å². The Morgan fingerprint density at radius 1 is 0.976 bits per heavy atom. The number of aryl methyl sites for hydroxylation is 2. The summed E-state index contributed by atoms with van der Waals surface area (Å²) in [6.45, 7) is 1.36. The summed E-state index contributed by atoms with van der Waals surface area (Å²) in [5.41, 5.74) is 5.44. The highest BCUT2D eigenvalue weighted by Gasteiger charge is 2.40. The molecule has 3 unspecified atom stereocenters. The van der Waals surface area contributed by atoms with Crippen molar-refractivity contribution in [3.8, 4) is 0 Å². The van der Waals surface area contributed by atoms with Gasteiger partial charge in [0, 0.05) is 40.6 Å². The second-order valence-corrected chi connectivity index (χ2v) is 12.8. The zero-order chi connectivity index (χ0) is 28.5. The fraction of sp³-hybridized carbons (Fsp3) is 0.424. The average Bonchev–Trinajstić information content (AvgIpc) is 3.15. The molecule has 214 valence electrons. The highest BCUT2D eigenvalue weighted by Crippen LogP contribution is 2.46. The van der Waals surface area contributed by atoms with Crippen molar-refractivity contribution in [3.63, 3.8) is 0 Å². The van der Waals surface area contributed by atoms with Crippen LogP contribution in [-0.4, -0.2) is 52.2 Å². The average molecular weight is 638 g/mol. The molecule has 1 amide bonds. The molecule has 1 aromatic heterocycles. The van der Waals surface area contributed by atoms with Crippen LogP contribution in [0.4, 0.5) is 0 Å². The molecule has 0 bridgehead atoms. The summed E-state index contributed by atoms with van der Waals surface area (Å²) in [4.78, 5) is 32.9. The van der Waals surface area contributed by atoms with Crippen LogP contribution in [0.5, 0.6) is 0 Å². The molecule has 4 atom stereocenters. The fourth-order valence-corrected chi connectivity index (χ4v) is 8.09. The molecule has 3 aliphatic rings. The normalized spacial score (nSPS) is 24.6. The molecule has 1 saturated heterocycles. The molecule has 0 radical (unpaired) electrons. The van der Waals surface area contributed by atoms with E-state index in [1.807, 2.05) is 29.3 Å². The number of rotatable bonds is 4.